The summed E-state index contributed by atoms with van der Waals surface area (Å²) in [4.78, 5) is 11.6. The van der Waals surface area contributed by atoms with Gasteiger partial charge in [-0.25, -0.2) is 0 Å². The smallest absolute Gasteiger partial charge is 0.315 e. The second-order valence-electron chi connectivity index (χ2n) is 3.85. The third-order valence-electron chi connectivity index (χ3n) is 2.49. The summed E-state index contributed by atoms with van der Waals surface area (Å²) < 4.78 is 9.87. The number of hydrogen-bond donors (Lipinski definition) is 0. The number of esters is 1. The molecule has 0 aliphatic heterocycles. The molecule has 3 nitrogen and oxygen atoms in total. The Hall–Kier alpha value is -1.51. The van der Waals surface area contributed by atoms with Gasteiger partial charge in [0, 0.05) is 0 Å². The Morgan fingerprint density at radius 2 is 1.93 bits per heavy atom. The van der Waals surface area contributed by atoms with Gasteiger partial charge in [0.2, 0.25) is 0 Å². The van der Waals surface area contributed by atoms with Crippen LogP contribution in [-0.4, -0.2) is 20.2 Å². The van der Waals surface area contributed by atoms with Crippen molar-refractivity contribution in [2.75, 3.05) is 14.2 Å². The van der Waals surface area contributed by atoms with Crippen molar-refractivity contribution in [2.24, 2.45) is 0 Å². The first kappa shape index (κ1) is 11.6. The molecule has 1 rings (SSSR count). The van der Waals surface area contributed by atoms with E-state index in [-0.39, 0.29) is 5.97 Å². The molecule has 0 aliphatic carbocycles. The van der Waals surface area contributed by atoms with E-state index in [1.165, 1.54) is 7.11 Å². The number of hydrogen-bond acceptors (Lipinski definition) is 3. The van der Waals surface area contributed by atoms with Crippen LogP contribution in [0.3, 0.4) is 0 Å². The van der Waals surface area contributed by atoms with Gasteiger partial charge in [-0.2, -0.15) is 0 Å². The van der Waals surface area contributed by atoms with Crippen LogP contribution >= 0.6 is 0 Å². The van der Waals surface area contributed by atoms with Gasteiger partial charge in [-0.3, -0.25) is 4.79 Å². The number of methoxy groups -OCH3 is 2. The fraction of sp³-hybridized carbons (Fsp3) is 0.417. The Kier molecular flexibility index (Phi) is 3.35. The topological polar surface area (TPSA) is 35.5 Å². The highest BCUT2D eigenvalue weighted by atomic mass is 16.5. The lowest BCUT2D eigenvalue weighted by Gasteiger charge is -2.22. The van der Waals surface area contributed by atoms with Crippen molar-refractivity contribution in [1.82, 2.24) is 0 Å². The van der Waals surface area contributed by atoms with E-state index in [0.29, 0.717) is 0 Å². The van der Waals surface area contributed by atoms with Crippen molar-refractivity contribution < 1.29 is 14.3 Å². The largest absolute Gasteiger partial charge is 0.497 e. The molecule has 0 fully saturated rings. The van der Waals surface area contributed by atoms with E-state index >= 15 is 0 Å². The lowest BCUT2D eigenvalue weighted by Crippen LogP contribution is -2.30. The van der Waals surface area contributed by atoms with Crippen molar-refractivity contribution >= 4 is 5.97 Å². The number of carbonyl (C=O) groups is 1. The Morgan fingerprint density at radius 3 is 2.47 bits per heavy atom. The van der Waals surface area contributed by atoms with Crippen LogP contribution in [0.1, 0.15) is 19.4 Å². The van der Waals surface area contributed by atoms with Gasteiger partial charge in [-0.05, 0) is 31.5 Å². The molecule has 0 radical (unpaired) electrons. The highest BCUT2D eigenvalue weighted by Gasteiger charge is 2.30. The van der Waals surface area contributed by atoms with Crippen molar-refractivity contribution in [1.29, 1.82) is 0 Å². The van der Waals surface area contributed by atoms with Crippen LogP contribution < -0.4 is 4.74 Å². The molecule has 1 aromatic carbocycles. The molecule has 0 aromatic heterocycles. The lowest BCUT2D eigenvalue weighted by molar-refractivity contribution is -0.146. The third-order valence-corrected chi connectivity index (χ3v) is 2.49. The summed E-state index contributed by atoms with van der Waals surface area (Å²) >= 11 is 0. The minimum Gasteiger partial charge on any atom is -0.497 e. The van der Waals surface area contributed by atoms with Crippen LogP contribution in [0.5, 0.6) is 5.75 Å². The Balaban J connectivity index is 3.09. The Labute approximate surface area is 90.0 Å². The summed E-state index contributed by atoms with van der Waals surface area (Å²) in [7, 11) is 2.99. The molecule has 0 heterocycles. The van der Waals surface area contributed by atoms with E-state index in [1.54, 1.807) is 7.11 Å². The van der Waals surface area contributed by atoms with Crippen LogP contribution in [0.2, 0.25) is 0 Å². The molecule has 3 heteroatoms. The quantitative estimate of drug-likeness (QED) is 0.714. The summed E-state index contributed by atoms with van der Waals surface area (Å²) in [5.41, 5.74) is 0.234. The predicted octanol–water partition coefficient (Wildman–Crippen LogP) is 2.15. The summed E-state index contributed by atoms with van der Waals surface area (Å²) in [6.07, 6.45) is 0. The predicted molar refractivity (Wildman–Crippen MR) is 58.0 cm³/mol. The van der Waals surface area contributed by atoms with E-state index in [2.05, 4.69) is 0 Å². The number of benzene rings is 1. The van der Waals surface area contributed by atoms with Crippen molar-refractivity contribution in [3.05, 3.63) is 29.8 Å². The normalized spacial score (nSPS) is 10.9. The lowest BCUT2D eigenvalue weighted by atomic mass is 9.85. The molecule has 0 unspecified atom stereocenters. The summed E-state index contributed by atoms with van der Waals surface area (Å²) in [6.45, 7) is 3.65. The van der Waals surface area contributed by atoms with Crippen molar-refractivity contribution in [3.63, 3.8) is 0 Å². The summed E-state index contributed by atoms with van der Waals surface area (Å²) in [5, 5.41) is 0. The maximum absolute atomic E-state index is 11.6. The van der Waals surface area contributed by atoms with Crippen LogP contribution in [-0.2, 0) is 14.9 Å². The van der Waals surface area contributed by atoms with E-state index in [1.807, 2.05) is 38.1 Å². The van der Waals surface area contributed by atoms with Gasteiger partial charge < -0.3 is 9.47 Å². The first-order chi connectivity index (χ1) is 7.02. The maximum atomic E-state index is 11.6. The zero-order chi connectivity index (χ0) is 11.5. The zero-order valence-corrected chi connectivity index (χ0v) is 9.53. The maximum Gasteiger partial charge on any atom is 0.315 e. The van der Waals surface area contributed by atoms with Gasteiger partial charge in [0.15, 0.2) is 0 Å². The molecule has 0 amide bonds. The van der Waals surface area contributed by atoms with Gasteiger partial charge in [0.05, 0.1) is 19.6 Å². The minimum absolute atomic E-state index is 0.254. The molecule has 0 atom stereocenters. The Bertz CT molecular complexity index is 356. The minimum atomic E-state index is -0.650. The first-order valence-corrected chi connectivity index (χ1v) is 4.75. The summed E-state index contributed by atoms with van der Waals surface area (Å²) in [6, 6.07) is 7.44. The number of carbonyl (C=O) groups excluding carboxylic acids is 1. The van der Waals surface area contributed by atoms with Gasteiger partial charge >= 0.3 is 5.97 Å². The molecule has 15 heavy (non-hydrogen) atoms. The number of rotatable bonds is 3. The average Bonchev–Trinajstić information content (AvgIpc) is 2.27. The van der Waals surface area contributed by atoms with E-state index < -0.39 is 5.41 Å². The van der Waals surface area contributed by atoms with Crippen LogP contribution in [0.4, 0.5) is 0 Å². The van der Waals surface area contributed by atoms with Gasteiger partial charge in [-0.15, -0.1) is 0 Å². The van der Waals surface area contributed by atoms with E-state index in [9.17, 15) is 4.79 Å². The fourth-order valence-electron chi connectivity index (χ4n) is 1.38. The first-order valence-electron chi connectivity index (χ1n) is 4.75. The van der Waals surface area contributed by atoms with E-state index in [0.717, 1.165) is 11.3 Å². The zero-order valence-electron chi connectivity index (χ0n) is 9.53. The Morgan fingerprint density at radius 1 is 1.27 bits per heavy atom. The molecular formula is C12H16O3. The van der Waals surface area contributed by atoms with Gasteiger partial charge in [0.25, 0.3) is 0 Å². The molecule has 82 valence electrons. The summed E-state index contributed by atoms with van der Waals surface area (Å²) in [5.74, 6) is 0.486. The van der Waals surface area contributed by atoms with Gasteiger partial charge in [0.1, 0.15) is 5.75 Å². The van der Waals surface area contributed by atoms with Crippen molar-refractivity contribution in [3.8, 4) is 5.75 Å². The second-order valence-corrected chi connectivity index (χ2v) is 3.85. The van der Waals surface area contributed by atoms with Crippen molar-refractivity contribution in [2.45, 2.75) is 19.3 Å². The monoisotopic (exact) mass is 208 g/mol. The van der Waals surface area contributed by atoms with Crippen LogP contribution in [0.15, 0.2) is 24.3 Å². The van der Waals surface area contributed by atoms with Crippen LogP contribution in [0.25, 0.3) is 0 Å². The van der Waals surface area contributed by atoms with E-state index in [4.69, 9.17) is 9.47 Å². The molecule has 0 saturated heterocycles. The van der Waals surface area contributed by atoms with Gasteiger partial charge in [-0.1, -0.05) is 12.1 Å². The molecule has 0 saturated carbocycles. The number of ether oxygens (including phenoxy) is 2. The standard InChI is InChI=1S/C12H16O3/c1-12(2,11(13)15-4)9-6-5-7-10(8-9)14-3/h5-8H,1-4H3. The highest BCUT2D eigenvalue weighted by molar-refractivity contribution is 5.82. The molecule has 0 aliphatic rings. The molecule has 0 bridgehead atoms. The average molecular weight is 208 g/mol. The molecule has 0 spiro atoms. The molecule has 0 N–H and O–H groups in total. The SMILES string of the molecule is COC(=O)C(C)(C)c1cccc(OC)c1. The second kappa shape index (κ2) is 4.34. The van der Waals surface area contributed by atoms with Crippen LogP contribution in [0, 0.1) is 0 Å². The fourth-order valence-corrected chi connectivity index (χ4v) is 1.38. The molecular weight excluding hydrogens is 192 g/mol. The molecule has 1 aromatic rings. The third kappa shape index (κ3) is 2.29. The highest BCUT2D eigenvalue weighted by Crippen LogP contribution is 2.27.